The van der Waals surface area contributed by atoms with Crippen molar-refractivity contribution in [3.05, 3.63) is 0 Å². The fourth-order valence-electron chi connectivity index (χ4n) is 3.04. The zero-order valence-corrected chi connectivity index (χ0v) is 13.8. The predicted molar refractivity (Wildman–Crippen MR) is 83.6 cm³/mol. The predicted octanol–water partition coefficient (Wildman–Crippen LogP) is 2.47. The van der Waals surface area contributed by atoms with E-state index in [4.69, 9.17) is 15.2 Å². The highest BCUT2D eigenvalue weighted by atomic mass is 16.7. The van der Waals surface area contributed by atoms with Gasteiger partial charge in [-0.25, -0.2) is 0 Å². The molecule has 1 heterocycles. The molecule has 1 aliphatic heterocycles. The van der Waals surface area contributed by atoms with Gasteiger partial charge in [-0.15, -0.1) is 0 Å². The molecule has 1 fully saturated rings. The van der Waals surface area contributed by atoms with Crippen LogP contribution in [0.2, 0.25) is 0 Å². The fraction of sp³-hybridized carbons (Fsp3) is 1.00. The molecular weight excluding hydrogens is 252 g/mol. The summed E-state index contributed by atoms with van der Waals surface area (Å²) in [5, 5.41) is 0. The van der Waals surface area contributed by atoms with Crippen LogP contribution in [0.3, 0.4) is 0 Å². The van der Waals surface area contributed by atoms with Crippen molar-refractivity contribution < 1.29 is 9.47 Å². The molecule has 0 radical (unpaired) electrons. The van der Waals surface area contributed by atoms with E-state index in [1.165, 1.54) is 32.5 Å². The van der Waals surface area contributed by atoms with Crippen molar-refractivity contribution >= 4 is 0 Å². The topological polar surface area (TPSA) is 47.7 Å². The number of nitrogens with two attached hydrogens (primary N) is 1. The van der Waals surface area contributed by atoms with Gasteiger partial charge in [-0.2, -0.15) is 0 Å². The van der Waals surface area contributed by atoms with Gasteiger partial charge in [0, 0.05) is 19.8 Å². The molecule has 4 heteroatoms. The second-order valence-electron chi connectivity index (χ2n) is 6.32. The van der Waals surface area contributed by atoms with Gasteiger partial charge in [-0.05, 0) is 58.0 Å². The molecule has 20 heavy (non-hydrogen) atoms. The average molecular weight is 286 g/mol. The van der Waals surface area contributed by atoms with E-state index < -0.39 is 0 Å². The molecule has 1 atom stereocenters. The minimum Gasteiger partial charge on any atom is -0.351 e. The van der Waals surface area contributed by atoms with Crippen LogP contribution < -0.4 is 5.73 Å². The number of hydrogen-bond acceptors (Lipinski definition) is 4. The molecule has 2 N–H and O–H groups in total. The SMILES string of the molecule is CCOC(OCC)C(N)CC1CCN(CC(C)C)CC1. The molecular formula is C16H34N2O2. The van der Waals surface area contributed by atoms with Crippen LogP contribution in [-0.2, 0) is 9.47 Å². The van der Waals surface area contributed by atoms with E-state index in [1.807, 2.05) is 13.8 Å². The van der Waals surface area contributed by atoms with E-state index in [0.717, 1.165) is 18.3 Å². The van der Waals surface area contributed by atoms with E-state index >= 15 is 0 Å². The van der Waals surface area contributed by atoms with Gasteiger partial charge >= 0.3 is 0 Å². The van der Waals surface area contributed by atoms with E-state index in [9.17, 15) is 0 Å². The highest BCUT2D eigenvalue weighted by Crippen LogP contribution is 2.23. The van der Waals surface area contributed by atoms with Crippen molar-refractivity contribution in [2.45, 2.75) is 59.3 Å². The number of nitrogens with zero attached hydrogens (tertiary/aromatic N) is 1. The third-order valence-electron chi connectivity index (χ3n) is 3.95. The highest BCUT2D eigenvalue weighted by molar-refractivity contribution is 4.78. The van der Waals surface area contributed by atoms with Gasteiger partial charge in [0.25, 0.3) is 0 Å². The van der Waals surface area contributed by atoms with Gasteiger partial charge in [-0.1, -0.05) is 13.8 Å². The summed E-state index contributed by atoms with van der Waals surface area (Å²) in [4.78, 5) is 2.58. The van der Waals surface area contributed by atoms with Crippen LogP contribution in [0.15, 0.2) is 0 Å². The molecule has 0 aliphatic carbocycles. The Balaban J connectivity index is 2.30. The van der Waals surface area contributed by atoms with Gasteiger partial charge in [0.2, 0.25) is 0 Å². The van der Waals surface area contributed by atoms with Crippen molar-refractivity contribution in [3.8, 4) is 0 Å². The summed E-state index contributed by atoms with van der Waals surface area (Å²) in [7, 11) is 0. The van der Waals surface area contributed by atoms with Crippen molar-refractivity contribution in [2.24, 2.45) is 17.6 Å². The van der Waals surface area contributed by atoms with E-state index in [-0.39, 0.29) is 12.3 Å². The lowest BCUT2D eigenvalue weighted by Gasteiger charge is -2.35. The van der Waals surface area contributed by atoms with E-state index in [2.05, 4.69) is 18.7 Å². The monoisotopic (exact) mass is 286 g/mol. The summed E-state index contributed by atoms with van der Waals surface area (Å²) in [6.07, 6.45) is 3.29. The number of likely N-dealkylation sites (tertiary alicyclic amines) is 1. The van der Waals surface area contributed by atoms with Crippen LogP contribution in [0.1, 0.15) is 47.0 Å². The molecule has 1 unspecified atom stereocenters. The second kappa shape index (κ2) is 9.72. The summed E-state index contributed by atoms with van der Waals surface area (Å²) in [5.41, 5.74) is 6.27. The molecule has 1 aliphatic rings. The molecule has 0 amide bonds. The van der Waals surface area contributed by atoms with Gasteiger partial charge in [0.05, 0.1) is 6.04 Å². The molecule has 0 saturated carbocycles. The lowest BCUT2D eigenvalue weighted by atomic mass is 9.90. The fourth-order valence-corrected chi connectivity index (χ4v) is 3.04. The van der Waals surface area contributed by atoms with Crippen LogP contribution in [0.25, 0.3) is 0 Å². The van der Waals surface area contributed by atoms with Gasteiger partial charge in [0.15, 0.2) is 6.29 Å². The zero-order valence-electron chi connectivity index (χ0n) is 13.8. The maximum atomic E-state index is 6.27. The molecule has 1 saturated heterocycles. The summed E-state index contributed by atoms with van der Waals surface area (Å²) in [5.74, 6) is 1.48. The lowest BCUT2D eigenvalue weighted by Crippen LogP contribution is -2.43. The Labute approximate surface area is 125 Å². The molecule has 0 aromatic rings. The van der Waals surface area contributed by atoms with Crippen LogP contribution in [-0.4, -0.2) is 50.1 Å². The Hall–Kier alpha value is -0.160. The lowest BCUT2D eigenvalue weighted by molar-refractivity contribution is -0.151. The maximum absolute atomic E-state index is 6.27. The number of hydrogen-bond donors (Lipinski definition) is 1. The summed E-state index contributed by atoms with van der Waals surface area (Å²) >= 11 is 0. The Morgan fingerprint density at radius 2 is 1.65 bits per heavy atom. The van der Waals surface area contributed by atoms with Gasteiger partial charge in [0.1, 0.15) is 0 Å². The van der Waals surface area contributed by atoms with Crippen molar-refractivity contribution in [3.63, 3.8) is 0 Å². The zero-order chi connectivity index (χ0) is 15.0. The number of rotatable bonds is 9. The third kappa shape index (κ3) is 6.53. The maximum Gasteiger partial charge on any atom is 0.172 e. The molecule has 120 valence electrons. The minimum absolute atomic E-state index is 0.00320. The molecule has 0 aromatic carbocycles. The average Bonchev–Trinajstić information content (AvgIpc) is 2.40. The van der Waals surface area contributed by atoms with Crippen LogP contribution in [0.5, 0.6) is 0 Å². The standard InChI is InChI=1S/C16H34N2O2/c1-5-19-16(20-6-2)15(17)11-14-7-9-18(10-8-14)12-13(3)4/h13-16H,5-12,17H2,1-4H3. The van der Waals surface area contributed by atoms with E-state index in [0.29, 0.717) is 13.2 Å². The molecule has 4 nitrogen and oxygen atoms in total. The van der Waals surface area contributed by atoms with Gasteiger partial charge < -0.3 is 20.1 Å². The van der Waals surface area contributed by atoms with Crippen molar-refractivity contribution in [1.29, 1.82) is 0 Å². The van der Waals surface area contributed by atoms with Crippen LogP contribution in [0, 0.1) is 11.8 Å². The summed E-state index contributed by atoms with van der Waals surface area (Å²) in [6, 6.07) is -0.00320. The highest BCUT2D eigenvalue weighted by Gasteiger charge is 2.25. The van der Waals surface area contributed by atoms with Crippen molar-refractivity contribution in [2.75, 3.05) is 32.8 Å². The minimum atomic E-state index is -0.237. The summed E-state index contributed by atoms with van der Waals surface area (Å²) < 4.78 is 11.2. The Bertz CT molecular complexity index is 235. The van der Waals surface area contributed by atoms with Crippen molar-refractivity contribution in [1.82, 2.24) is 4.90 Å². The Morgan fingerprint density at radius 1 is 1.10 bits per heavy atom. The Morgan fingerprint density at radius 3 is 2.10 bits per heavy atom. The van der Waals surface area contributed by atoms with E-state index in [1.54, 1.807) is 0 Å². The molecule has 1 rings (SSSR count). The Kier molecular flexibility index (Phi) is 8.69. The number of piperidine rings is 1. The quantitative estimate of drug-likeness (QED) is 0.662. The van der Waals surface area contributed by atoms with Crippen LogP contribution in [0.4, 0.5) is 0 Å². The van der Waals surface area contributed by atoms with Gasteiger partial charge in [-0.3, -0.25) is 0 Å². The second-order valence-corrected chi connectivity index (χ2v) is 6.32. The largest absolute Gasteiger partial charge is 0.351 e. The summed E-state index contributed by atoms with van der Waals surface area (Å²) in [6.45, 7) is 13.5. The first-order valence-electron chi connectivity index (χ1n) is 8.27. The van der Waals surface area contributed by atoms with Crippen LogP contribution >= 0.6 is 0 Å². The molecule has 0 bridgehead atoms. The smallest absolute Gasteiger partial charge is 0.172 e. The first kappa shape index (κ1) is 17.9. The third-order valence-corrected chi connectivity index (χ3v) is 3.95. The number of ether oxygens (including phenoxy) is 2. The first-order valence-corrected chi connectivity index (χ1v) is 8.27. The normalized spacial score (nSPS) is 19.9. The molecule has 0 spiro atoms. The first-order chi connectivity index (χ1) is 9.56. The molecule has 0 aromatic heterocycles.